The van der Waals surface area contributed by atoms with Gasteiger partial charge in [-0.3, -0.25) is 4.79 Å². The highest BCUT2D eigenvalue weighted by atomic mass is 16.6. The lowest BCUT2D eigenvalue weighted by molar-refractivity contribution is -0.150. The minimum atomic E-state index is -0.0608. The van der Waals surface area contributed by atoms with Crippen molar-refractivity contribution < 1.29 is 14.3 Å². The second-order valence-electron chi connectivity index (χ2n) is 7.72. The van der Waals surface area contributed by atoms with E-state index in [9.17, 15) is 4.79 Å². The fourth-order valence-corrected chi connectivity index (χ4v) is 3.29. The molecule has 2 rings (SSSR count). The molecule has 1 aromatic rings. The van der Waals surface area contributed by atoms with Crippen LogP contribution < -0.4 is 0 Å². The second kappa shape index (κ2) is 14.2. The van der Waals surface area contributed by atoms with Gasteiger partial charge in [-0.2, -0.15) is 0 Å². The molecule has 3 heteroatoms. The van der Waals surface area contributed by atoms with Gasteiger partial charge in [-0.25, -0.2) is 0 Å². The molecule has 1 unspecified atom stereocenters. The summed E-state index contributed by atoms with van der Waals surface area (Å²) in [6, 6.07) is 9.96. The van der Waals surface area contributed by atoms with Crippen molar-refractivity contribution in [2.24, 2.45) is 0 Å². The van der Waals surface area contributed by atoms with Gasteiger partial charge < -0.3 is 9.47 Å². The summed E-state index contributed by atoms with van der Waals surface area (Å²) in [6.07, 6.45) is 12.9. The summed E-state index contributed by atoms with van der Waals surface area (Å²) in [5, 5.41) is 0. The average Bonchev–Trinajstić information content (AvgIpc) is 3.52. The van der Waals surface area contributed by atoms with E-state index in [2.05, 4.69) is 18.8 Å². The Balaban J connectivity index is 1.60. The lowest BCUT2D eigenvalue weighted by atomic mass is 10.0. The van der Waals surface area contributed by atoms with Gasteiger partial charge in [-0.05, 0) is 50.7 Å². The van der Waals surface area contributed by atoms with Crippen LogP contribution in [0.2, 0.25) is 0 Å². The van der Waals surface area contributed by atoms with Gasteiger partial charge in [0.05, 0.1) is 12.7 Å². The maximum Gasteiger partial charge on any atom is 0.306 e. The van der Waals surface area contributed by atoms with Crippen LogP contribution in [-0.2, 0) is 14.3 Å². The van der Waals surface area contributed by atoms with E-state index < -0.39 is 0 Å². The maximum absolute atomic E-state index is 12.2. The number of ether oxygens (including phenoxy) is 2. The summed E-state index contributed by atoms with van der Waals surface area (Å²) in [5.41, 5.74) is 1.02. The maximum atomic E-state index is 12.2. The number of hydrogen-bond acceptors (Lipinski definition) is 3. The first kappa shape index (κ1) is 22.5. The third-order valence-corrected chi connectivity index (χ3v) is 5.07. The van der Waals surface area contributed by atoms with Gasteiger partial charge in [0.15, 0.2) is 0 Å². The zero-order valence-electron chi connectivity index (χ0n) is 17.5. The normalized spacial score (nSPS) is 16.1. The lowest BCUT2D eigenvalue weighted by Crippen LogP contribution is -2.18. The largest absolute Gasteiger partial charge is 0.462 e. The molecule has 1 heterocycles. The molecule has 1 fully saturated rings. The number of esters is 1. The number of epoxide rings is 1. The molecule has 0 radical (unpaired) electrons. The first-order chi connectivity index (χ1) is 13.8. The molecule has 0 bridgehead atoms. The summed E-state index contributed by atoms with van der Waals surface area (Å²) in [7, 11) is 0. The molecule has 0 spiro atoms. The summed E-state index contributed by atoms with van der Waals surface area (Å²) in [6.45, 7) is 3.16. The number of carbonyl (C=O) groups is 1. The molecular formula is C25H36O3. The second-order valence-corrected chi connectivity index (χ2v) is 7.72. The van der Waals surface area contributed by atoms with E-state index in [4.69, 9.17) is 9.47 Å². The molecule has 1 saturated heterocycles. The molecular weight excluding hydrogens is 348 g/mol. The van der Waals surface area contributed by atoms with Gasteiger partial charge in [-0.1, -0.05) is 62.6 Å². The number of unbranched alkanes of at least 4 members (excludes halogenated alkanes) is 5. The molecule has 0 N–H and O–H groups in total. The highest BCUT2D eigenvalue weighted by Gasteiger charge is 2.21. The van der Waals surface area contributed by atoms with Crippen molar-refractivity contribution in [2.45, 2.75) is 96.2 Å². The van der Waals surface area contributed by atoms with E-state index in [0.29, 0.717) is 12.5 Å². The molecule has 1 aliphatic rings. The van der Waals surface area contributed by atoms with Crippen LogP contribution in [0.4, 0.5) is 0 Å². The average molecular weight is 385 g/mol. The van der Waals surface area contributed by atoms with E-state index in [-0.39, 0.29) is 12.1 Å². The monoisotopic (exact) mass is 384 g/mol. The van der Waals surface area contributed by atoms with Crippen LogP contribution in [0, 0.1) is 11.8 Å². The van der Waals surface area contributed by atoms with Crippen LogP contribution in [0.25, 0.3) is 0 Å². The van der Waals surface area contributed by atoms with Crippen molar-refractivity contribution in [2.75, 3.05) is 6.61 Å². The van der Waals surface area contributed by atoms with Crippen molar-refractivity contribution >= 4 is 5.97 Å². The Morgan fingerprint density at radius 3 is 2.57 bits per heavy atom. The standard InChI is InChI=1S/C25H36O3/c1-2-3-7-17-23(18-11-6-12-19-24-21-27-24)28-25(26)20-13-5-10-16-22-14-8-4-9-15-22/h4,8-9,14-15,23-24H,2-3,5-7,11-13,17-21H2,1H3/t23?,24-/m1/s1. The molecule has 0 saturated carbocycles. The smallest absolute Gasteiger partial charge is 0.306 e. The van der Waals surface area contributed by atoms with Crippen molar-refractivity contribution in [1.29, 1.82) is 0 Å². The Hall–Kier alpha value is -1.79. The third-order valence-electron chi connectivity index (χ3n) is 5.07. The van der Waals surface area contributed by atoms with Crippen molar-refractivity contribution in [1.82, 2.24) is 0 Å². The zero-order chi connectivity index (χ0) is 19.9. The van der Waals surface area contributed by atoms with Crippen molar-refractivity contribution in [3.8, 4) is 11.8 Å². The third kappa shape index (κ3) is 11.1. The van der Waals surface area contributed by atoms with Crippen LogP contribution in [0.15, 0.2) is 30.3 Å². The van der Waals surface area contributed by atoms with Crippen LogP contribution in [-0.4, -0.2) is 24.8 Å². The number of carbonyl (C=O) groups excluding carboxylic acids is 1. The highest BCUT2D eigenvalue weighted by molar-refractivity contribution is 5.69. The van der Waals surface area contributed by atoms with Gasteiger partial charge in [0.2, 0.25) is 0 Å². The van der Waals surface area contributed by atoms with Crippen LogP contribution >= 0.6 is 0 Å². The molecule has 2 atom stereocenters. The lowest BCUT2D eigenvalue weighted by Gasteiger charge is -2.18. The molecule has 28 heavy (non-hydrogen) atoms. The van der Waals surface area contributed by atoms with Crippen LogP contribution in [0.1, 0.15) is 89.5 Å². The minimum absolute atomic E-state index is 0.0608. The van der Waals surface area contributed by atoms with E-state index in [1.165, 1.54) is 32.1 Å². The van der Waals surface area contributed by atoms with Crippen molar-refractivity contribution in [3.63, 3.8) is 0 Å². The Kier molecular flexibility index (Phi) is 11.4. The summed E-state index contributed by atoms with van der Waals surface area (Å²) in [4.78, 5) is 12.2. The topological polar surface area (TPSA) is 38.8 Å². The fraction of sp³-hybridized carbons (Fsp3) is 0.640. The molecule has 154 valence electrons. The molecule has 0 amide bonds. The minimum Gasteiger partial charge on any atom is -0.462 e. The van der Waals surface area contributed by atoms with Gasteiger partial charge in [0.1, 0.15) is 6.10 Å². The molecule has 1 aromatic carbocycles. The Morgan fingerprint density at radius 2 is 1.86 bits per heavy atom. The predicted molar refractivity (Wildman–Crippen MR) is 114 cm³/mol. The van der Waals surface area contributed by atoms with Gasteiger partial charge in [0.25, 0.3) is 0 Å². The molecule has 1 aliphatic heterocycles. The summed E-state index contributed by atoms with van der Waals surface area (Å²) < 4.78 is 11.0. The van der Waals surface area contributed by atoms with Crippen molar-refractivity contribution in [3.05, 3.63) is 35.9 Å². The van der Waals surface area contributed by atoms with Crippen LogP contribution in [0.3, 0.4) is 0 Å². The van der Waals surface area contributed by atoms with E-state index in [1.807, 2.05) is 30.3 Å². The summed E-state index contributed by atoms with van der Waals surface area (Å²) >= 11 is 0. The quantitative estimate of drug-likeness (QED) is 0.170. The number of rotatable bonds is 14. The SMILES string of the molecule is CCCCCC(CCCCC[C@@H]1CO1)OC(=O)CCCC#Cc1ccccc1. The zero-order valence-corrected chi connectivity index (χ0v) is 17.5. The van der Waals surface area contributed by atoms with E-state index in [1.54, 1.807) is 0 Å². The van der Waals surface area contributed by atoms with Gasteiger partial charge in [0, 0.05) is 18.4 Å². The highest BCUT2D eigenvalue weighted by Crippen LogP contribution is 2.20. The van der Waals surface area contributed by atoms with Gasteiger partial charge in [-0.15, -0.1) is 0 Å². The summed E-state index contributed by atoms with van der Waals surface area (Å²) in [5.74, 6) is 6.22. The Morgan fingerprint density at radius 1 is 1.11 bits per heavy atom. The first-order valence-corrected chi connectivity index (χ1v) is 11.1. The molecule has 0 aliphatic carbocycles. The Labute approximate surface area is 171 Å². The Bertz CT molecular complexity index is 595. The fourth-order valence-electron chi connectivity index (χ4n) is 3.29. The number of hydrogen-bond donors (Lipinski definition) is 0. The predicted octanol–water partition coefficient (Wildman–Crippen LogP) is 6.05. The molecule has 0 aromatic heterocycles. The van der Waals surface area contributed by atoms with E-state index in [0.717, 1.165) is 50.7 Å². The first-order valence-electron chi connectivity index (χ1n) is 11.1. The number of benzene rings is 1. The molecule has 3 nitrogen and oxygen atoms in total. The van der Waals surface area contributed by atoms with Crippen LogP contribution in [0.5, 0.6) is 0 Å². The van der Waals surface area contributed by atoms with Gasteiger partial charge >= 0.3 is 5.97 Å². The van der Waals surface area contributed by atoms with E-state index >= 15 is 0 Å².